The highest BCUT2D eigenvalue weighted by Gasteiger charge is 2.09. The average molecular weight is 268 g/mol. The summed E-state index contributed by atoms with van der Waals surface area (Å²) >= 11 is 1.43. The zero-order valence-electron chi connectivity index (χ0n) is 10.1. The Morgan fingerprint density at radius 2 is 1.68 bits per heavy atom. The molecule has 0 fully saturated rings. The van der Waals surface area contributed by atoms with Gasteiger partial charge < -0.3 is 10.5 Å². The van der Waals surface area contributed by atoms with Crippen molar-refractivity contribution in [3.63, 3.8) is 0 Å². The molecule has 0 aliphatic carbocycles. The predicted octanol–water partition coefficient (Wildman–Crippen LogP) is 4.18. The summed E-state index contributed by atoms with van der Waals surface area (Å²) in [5, 5.41) is 2.49. The third kappa shape index (κ3) is 2.58. The van der Waals surface area contributed by atoms with Crippen LogP contribution in [-0.2, 0) is 0 Å². The quantitative estimate of drug-likeness (QED) is 0.775. The van der Waals surface area contributed by atoms with Gasteiger partial charge in [-0.2, -0.15) is 0 Å². The number of aromatic nitrogens is 1. The Labute approximate surface area is 115 Å². The Bertz CT molecular complexity index is 679. The van der Waals surface area contributed by atoms with Crippen LogP contribution in [0, 0.1) is 0 Å². The highest BCUT2D eigenvalue weighted by Crippen LogP contribution is 2.33. The van der Waals surface area contributed by atoms with Crippen LogP contribution in [0.5, 0.6) is 11.5 Å². The molecule has 3 nitrogen and oxygen atoms in total. The van der Waals surface area contributed by atoms with E-state index in [-0.39, 0.29) is 0 Å². The second-order valence-electron chi connectivity index (χ2n) is 3.98. The molecule has 2 aromatic carbocycles. The summed E-state index contributed by atoms with van der Waals surface area (Å²) < 4.78 is 5.90. The highest BCUT2D eigenvalue weighted by molar-refractivity contribution is 7.13. The normalized spacial score (nSPS) is 10.3. The summed E-state index contributed by atoms with van der Waals surface area (Å²) in [5.74, 6) is 1.58. The number of para-hydroxylation sites is 2. The van der Waals surface area contributed by atoms with Crippen molar-refractivity contribution in [3.05, 3.63) is 60.0 Å². The van der Waals surface area contributed by atoms with Crippen LogP contribution in [0.2, 0.25) is 0 Å². The van der Waals surface area contributed by atoms with Crippen LogP contribution in [0.15, 0.2) is 60.0 Å². The third-order valence-electron chi connectivity index (χ3n) is 2.66. The predicted molar refractivity (Wildman–Crippen MR) is 78.5 cm³/mol. The van der Waals surface area contributed by atoms with Crippen LogP contribution in [0.3, 0.4) is 0 Å². The number of nitrogens with zero attached hydrogens (tertiary/aromatic N) is 1. The van der Waals surface area contributed by atoms with Crippen molar-refractivity contribution in [2.45, 2.75) is 0 Å². The number of hydrogen-bond donors (Lipinski definition) is 1. The smallest absolute Gasteiger partial charge is 0.180 e. The van der Waals surface area contributed by atoms with Gasteiger partial charge in [0.2, 0.25) is 0 Å². The van der Waals surface area contributed by atoms with Gasteiger partial charge in [0.05, 0.1) is 5.69 Å². The van der Waals surface area contributed by atoms with Crippen molar-refractivity contribution in [2.75, 3.05) is 5.73 Å². The number of rotatable bonds is 3. The fourth-order valence-corrected chi connectivity index (χ4v) is 2.36. The number of nitrogens with two attached hydrogens (primary N) is 1. The van der Waals surface area contributed by atoms with E-state index in [9.17, 15) is 0 Å². The Morgan fingerprint density at radius 3 is 2.42 bits per heavy atom. The first-order valence-electron chi connectivity index (χ1n) is 5.86. The van der Waals surface area contributed by atoms with Crippen LogP contribution < -0.4 is 10.5 Å². The molecule has 0 saturated carbocycles. The molecule has 0 spiro atoms. The minimum absolute atomic E-state index is 0.560. The van der Waals surface area contributed by atoms with Crippen LogP contribution in [0.25, 0.3) is 11.3 Å². The molecule has 94 valence electrons. The number of ether oxygens (including phenoxy) is 1. The van der Waals surface area contributed by atoms with Gasteiger partial charge in [0.1, 0.15) is 11.5 Å². The van der Waals surface area contributed by atoms with E-state index < -0.39 is 0 Å². The monoisotopic (exact) mass is 268 g/mol. The molecule has 0 bridgehead atoms. The number of nitrogen functional groups attached to an aromatic ring is 1. The van der Waals surface area contributed by atoms with E-state index in [1.807, 2.05) is 60.0 Å². The molecule has 19 heavy (non-hydrogen) atoms. The molecule has 1 aromatic heterocycles. The van der Waals surface area contributed by atoms with E-state index in [1.165, 1.54) is 11.3 Å². The molecule has 0 amide bonds. The third-order valence-corrected chi connectivity index (χ3v) is 3.33. The average Bonchev–Trinajstić information content (AvgIpc) is 2.87. The zero-order valence-corrected chi connectivity index (χ0v) is 10.9. The summed E-state index contributed by atoms with van der Waals surface area (Å²) in [6.45, 7) is 0. The van der Waals surface area contributed by atoms with Crippen molar-refractivity contribution in [1.29, 1.82) is 0 Å². The van der Waals surface area contributed by atoms with Crippen LogP contribution in [-0.4, -0.2) is 4.98 Å². The maximum Gasteiger partial charge on any atom is 0.180 e. The summed E-state index contributed by atoms with van der Waals surface area (Å²) in [4.78, 5) is 4.30. The Morgan fingerprint density at radius 1 is 0.947 bits per heavy atom. The molecule has 4 heteroatoms. The standard InChI is InChI=1S/C15H12N2OS/c16-15-17-13(10-19-15)12-8-4-5-9-14(12)18-11-6-2-1-3-7-11/h1-10H,(H2,16,17). The van der Waals surface area contributed by atoms with Gasteiger partial charge in [-0.3, -0.25) is 0 Å². The van der Waals surface area contributed by atoms with Gasteiger partial charge in [0, 0.05) is 10.9 Å². The fraction of sp³-hybridized carbons (Fsp3) is 0. The molecule has 2 N–H and O–H groups in total. The van der Waals surface area contributed by atoms with E-state index in [4.69, 9.17) is 10.5 Å². The van der Waals surface area contributed by atoms with E-state index in [0.29, 0.717) is 5.13 Å². The minimum atomic E-state index is 0.560. The number of hydrogen-bond acceptors (Lipinski definition) is 4. The van der Waals surface area contributed by atoms with Gasteiger partial charge in [0.15, 0.2) is 5.13 Å². The van der Waals surface area contributed by atoms with Gasteiger partial charge in [-0.25, -0.2) is 4.98 Å². The topological polar surface area (TPSA) is 48.1 Å². The first kappa shape index (κ1) is 11.7. The summed E-state index contributed by atoms with van der Waals surface area (Å²) in [6.07, 6.45) is 0. The van der Waals surface area contributed by atoms with Gasteiger partial charge in [-0.05, 0) is 24.3 Å². The van der Waals surface area contributed by atoms with Crippen LogP contribution >= 0.6 is 11.3 Å². The fourth-order valence-electron chi connectivity index (χ4n) is 1.79. The summed E-state index contributed by atoms with van der Waals surface area (Å²) in [5.41, 5.74) is 7.47. The van der Waals surface area contributed by atoms with Crippen molar-refractivity contribution < 1.29 is 4.74 Å². The Balaban J connectivity index is 1.98. The molecule has 3 rings (SSSR count). The molecule has 3 aromatic rings. The molecule has 0 unspecified atom stereocenters. The van der Waals surface area contributed by atoms with Crippen molar-refractivity contribution in [3.8, 4) is 22.8 Å². The van der Waals surface area contributed by atoms with E-state index in [2.05, 4.69) is 4.98 Å². The number of benzene rings is 2. The van der Waals surface area contributed by atoms with Gasteiger partial charge in [0.25, 0.3) is 0 Å². The Kier molecular flexibility index (Phi) is 3.16. The van der Waals surface area contributed by atoms with E-state index >= 15 is 0 Å². The van der Waals surface area contributed by atoms with Gasteiger partial charge >= 0.3 is 0 Å². The molecule has 0 atom stereocenters. The first-order chi connectivity index (χ1) is 9.33. The lowest BCUT2D eigenvalue weighted by molar-refractivity contribution is 0.484. The lowest BCUT2D eigenvalue weighted by Crippen LogP contribution is -1.89. The number of thiazole rings is 1. The Hall–Kier alpha value is -2.33. The lowest BCUT2D eigenvalue weighted by Gasteiger charge is -2.09. The molecule has 0 radical (unpaired) electrons. The van der Waals surface area contributed by atoms with Crippen LogP contribution in [0.1, 0.15) is 0 Å². The maximum atomic E-state index is 5.90. The first-order valence-corrected chi connectivity index (χ1v) is 6.74. The van der Waals surface area contributed by atoms with Gasteiger partial charge in [-0.1, -0.05) is 30.3 Å². The largest absolute Gasteiger partial charge is 0.457 e. The highest BCUT2D eigenvalue weighted by atomic mass is 32.1. The van der Waals surface area contributed by atoms with E-state index in [1.54, 1.807) is 0 Å². The SMILES string of the molecule is Nc1nc(-c2ccccc2Oc2ccccc2)cs1. The second-order valence-corrected chi connectivity index (χ2v) is 4.87. The van der Waals surface area contributed by atoms with Crippen molar-refractivity contribution in [2.24, 2.45) is 0 Å². The number of anilines is 1. The molecule has 0 saturated heterocycles. The lowest BCUT2D eigenvalue weighted by atomic mass is 10.1. The zero-order chi connectivity index (χ0) is 13.1. The molecule has 0 aliphatic rings. The molecular formula is C15H12N2OS. The molecular weight excluding hydrogens is 256 g/mol. The summed E-state index contributed by atoms with van der Waals surface area (Å²) in [7, 11) is 0. The molecule has 0 aliphatic heterocycles. The minimum Gasteiger partial charge on any atom is -0.457 e. The van der Waals surface area contributed by atoms with Crippen molar-refractivity contribution in [1.82, 2.24) is 4.98 Å². The van der Waals surface area contributed by atoms with E-state index in [0.717, 1.165) is 22.8 Å². The summed E-state index contributed by atoms with van der Waals surface area (Å²) in [6, 6.07) is 17.5. The molecule has 1 heterocycles. The maximum absolute atomic E-state index is 5.90. The second kappa shape index (κ2) is 5.12. The van der Waals surface area contributed by atoms with Crippen LogP contribution in [0.4, 0.5) is 5.13 Å². The van der Waals surface area contributed by atoms with Crippen molar-refractivity contribution >= 4 is 16.5 Å². The van der Waals surface area contributed by atoms with Gasteiger partial charge in [-0.15, -0.1) is 11.3 Å².